The van der Waals surface area contributed by atoms with E-state index < -0.39 is 11.6 Å². The summed E-state index contributed by atoms with van der Waals surface area (Å²) in [6.07, 6.45) is 0. The van der Waals surface area contributed by atoms with Crippen molar-refractivity contribution in [1.29, 1.82) is 0 Å². The van der Waals surface area contributed by atoms with Gasteiger partial charge in [0.2, 0.25) is 0 Å². The van der Waals surface area contributed by atoms with Gasteiger partial charge in [-0.3, -0.25) is 4.79 Å². The Bertz CT molecular complexity index is 986. The summed E-state index contributed by atoms with van der Waals surface area (Å²) in [7, 11) is 0. The summed E-state index contributed by atoms with van der Waals surface area (Å²) in [5.74, 6) is -1.44. The molecule has 2 aromatic carbocycles. The van der Waals surface area contributed by atoms with Crippen molar-refractivity contribution in [3.63, 3.8) is 0 Å². The highest BCUT2D eigenvalue weighted by atomic mass is 19.1. The quantitative estimate of drug-likeness (QED) is 0.685. The monoisotopic (exact) mass is 385 g/mol. The molecule has 3 aromatic rings. The van der Waals surface area contributed by atoms with Crippen molar-refractivity contribution in [2.45, 2.75) is 26.8 Å². The molecule has 146 valence electrons. The lowest BCUT2D eigenvalue weighted by atomic mass is 10.1. The normalized spacial score (nSPS) is 12.0. The predicted molar refractivity (Wildman–Crippen MR) is 103 cm³/mol. The number of para-hydroxylation sites is 1. The van der Waals surface area contributed by atoms with Crippen molar-refractivity contribution in [3.8, 4) is 5.69 Å². The number of carbonyl (C=O) groups is 1. The number of quaternary nitrogens is 1. The van der Waals surface area contributed by atoms with Crippen LogP contribution >= 0.6 is 0 Å². The third kappa shape index (κ3) is 4.26. The molecule has 0 unspecified atom stereocenters. The molecule has 1 amide bonds. The van der Waals surface area contributed by atoms with Crippen LogP contribution in [0.5, 0.6) is 0 Å². The van der Waals surface area contributed by atoms with Gasteiger partial charge >= 0.3 is 0 Å². The highest BCUT2D eigenvalue weighted by Crippen LogP contribution is 2.22. The Morgan fingerprint density at radius 3 is 2.57 bits per heavy atom. The van der Waals surface area contributed by atoms with Gasteiger partial charge in [0.05, 0.1) is 22.8 Å². The maximum absolute atomic E-state index is 13.9. The molecule has 28 heavy (non-hydrogen) atoms. The van der Waals surface area contributed by atoms with Crippen LogP contribution < -0.4 is 10.6 Å². The van der Waals surface area contributed by atoms with Gasteiger partial charge in [-0.05, 0) is 45.0 Å². The zero-order valence-corrected chi connectivity index (χ0v) is 16.0. The zero-order chi connectivity index (χ0) is 20.3. The van der Waals surface area contributed by atoms with Gasteiger partial charge in [-0.1, -0.05) is 18.2 Å². The van der Waals surface area contributed by atoms with Gasteiger partial charge in [0.1, 0.15) is 17.7 Å². The minimum atomic E-state index is -0.618. The van der Waals surface area contributed by atoms with Crippen LogP contribution in [0.25, 0.3) is 5.69 Å². The van der Waals surface area contributed by atoms with Crippen LogP contribution in [0.15, 0.2) is 48.5 Å². The highest BCUT2D eigenvalue weighted by Gasteiger charge is 2.19. The molecule has 0 saturated carbocycles. The summed E-state index contributed by atoms with van der Waals surface area (Å²) < 4.78 is 28.7. The number of nitrogens with two attached hydrogens (primary N) is 1. The number of nitrogens with one attached hydrogen (secondary N) is 1. The molecule has 3 N–H and O–H groups in total. The first-order valence-electron chi connectivity index (χ1n) is 9.06. The first kappa shape index (κ1) is 19.7. The smallest absolute Gasteiger partial charge is 0.279 e. The van der Waals surface area contributed by atoms with Crippen molar-refractivity contribution < 1.29 is 18.9 Å². The van der Waals surface area contributed by atoms with E-state index in [1.807, 2.05) is 44.2 Å². The number of hydrogen-bond donors (Lipinski definition) is 2. The molecular weight excluding hydrogens is 362 g/mol. The van der Waals surface area contributed by atoms with E-state index in [9.17, 15) is 13.6 Å². The second-order valence-electron chi connectivity index (χ2n) is 6.74. The van der Waals surface area contributed by atoms with E-state index in [1.54, 1.807) is 16.9 Å². The Morgan fingerprint density at radius 1 is 1.18 bits per heavy atom. The number of benzene rings is 2. The fourth-order valence-electron chi connectivity index (χ4n) is 3.12. The van der Waals surface area contributed by atoms with Crippen molar-refractivity contribution in [3.05, 3.63) is 77.1 Å². The number of halogens is 2. The molecule has 0 aliphatic heterocycles. The third-order valence-electron chi connectivity index (χ3n) is 4.67. The Labute approximate surface area is 162 Å². The summed E-state index contributed by atoms with van der Waals surface area (Å²) in [5.41, 5.74) is 3.49. The molecule has 0 radical (unpaired) electrons. The van der Waals surface area contributed by atoms with E-state index >= 15 is 0 Å². The van der Waals surface area contributed by atoms with E-state index in [2.05, 4.69) is 10.4 Å². The van der Waals surface area contributed by atoms with Crippen LogP contribution in [0.2, 0.25) is 0 Å². The van der Waals surface area contributed by atoms with Crippen LogP contribution in [0.3, 0.4) is 0 Å². The number of anilines is 1. The standard InChI is InChI=1S/C21H22F2N4O/c1-13(18-10-9-16(22)11-19(18)23)24-12-20(28)25-21-14(2)26-27(15(21)3)17-7-5-4-6-8-17/h4-11,13,24H,12H2,1-3H3,(H,25,28)/p+1/t13-/m0/s1. The number of rotatable bonds is 6. The molecule has 0 bridgehead atoms. The minimum Gasteiger partial charge on any atom is -0.332 e. The average molecular weight is 385 g/mol. The van der Waals surface area contributed by atoms with Crippen LogP contribution in [-0.2, 0) is 4.79 Å². The van der Waals surface area contributed by atoms with Crippen molar-refractivity contribution in [1.82, 2.24) is 9.78 Å². The van der Waals surface area contributed by atoms with E-state index in [4.69, 9.17) is 0 Å². The molecule has 0 fully saturated rings. The van der Waals surface area contributed by atoms with Crippen LogP contribution in [-0.4, -0.2) is 22.2 Å². The van der Waals surface area contributed by atoms with E-state index in [1.165, 1.54) is 12.1 Å². The molecule has 1 atom stereocenters. The maximum atomic E-state index is 13.9. The first-order chi connectivity index (χ1) is 13.4. The largest absolute Gasteiger partial charge is 0.332 e. The lowest BCUT2D eigenvalue weighted by molar-refractivity contribution is -0.682. The topological polar surface area (TPSA) is 63.5 Å². The highest BCUT2D eigenvalue weighted by molar-refractivity contribution is 5.92. The Balaban J connectivity index is 1.66. The molecule has 0 spiro atoms. The molecular formula is C21H23F2N4O+. The lowest BCUT2D eigenvalue weighted by Crippen LogP contribution is -2.86. The number of hydrogen-bond acceptors (Lipinski definition) is 2. The van der Waals surface area contributed by atoms with Gasteiger partial charge in [0.15, 0.2) is 6.54 Å². The van der Waals surface area contributed by atoms with Gasteiger partial charge in [-0.2, -0.15) is 5.10 Å². The van der Waals surface area contributed by atoms with Gasteiger partial charge in [0.25, 0.3) is 5.91 Å². The number of aromatic nitrogens is 2. The summed E-state index contributed by atoms with van der Waals surface area (Å²) in [6, 6.07) is 12.8. The SMILES string of the molecule is Cc1nn(-c2ccccc2)c(C)c1NC(=O)C[NH2+][C@@H](C)c1ccc(F)cc1F. The predicted octanol–water partition coefficient (Wildman–Crippen LogP) is 3.03. The lowest BCUT2D eigenvalue weighted by Gasteiger charge is -2.12. The molecule has 3 rings (SSSR count). The molecule has 0 aliphatic rings. The average Bonchev–Trinajstić information content (AvgIpc) is 2.95. The number of carbonyl (C=O) groups excluding carboxylic acids is 1. The number of nitrogens with zero attached hydrogens (tertiary/aromatic N) is 2. The summed E-state index contributed by atoms with van der Waals surface area (Å²) >= 11 is 0. The Morgan fingerprint density at radius 2 is 1.89 bits per heavy atom. The van der Waals surface area contributed by atoms with Crippen LogP contribution in [0, 0.1) is 25.5 Å². The van der Waals surface area contributed by atoms with Crippen LogP contribution in [0.1, 0.15) is 29.9 Å². The second kappa shape index (κ2) is 8.31. The number of aryl methyl sites for hydroxylation is 1. The van der Waals surface area contributed by atoms with Gasteiger partial charge in [0, 0.05) is 11.6 Å². The molecule has 1 aromatic heterocycles. The van der Waals surface area contributed by atoms with Gasteiger partial charge < -0.3 is 10.6 Å². The maximum Gasteiger partial charge on any atom is 0.279 e. The van der Waals surface area contributed by atoms with Crippen LogP contribution in [0.4, 0.5) is 14.5 Å². The molecule has 1 heterocycles. The summed E-state index contributed by atoms with van der Waals surface area (Å²) in [5, 5.41) is 9.10. The zero-order valence-electron chi connectivity index (χ0n) is 16.0. The van der Waals surface area contributed by atoms with Gasteiger partial charge in [-0.15, -0.1) is 0 Å². The van der Waals surface area contributed by atoms with Crippen molar-refractivity contribution >= 4 is 11.6 Å². The number of amides is 1. The fraction of sp³-hybridized carbons (Fsp3) is 0.238. The molecule has 0 aliphatic carbocycles. The Hall–Kier alpha value is -3.06. The Kier molecular flexibility index (Phi) is 5.84. The fourth-order valence-corrected chi connectivity index (χ4v) is 3.12. The van der Waals surface area contributed by atoms with Crippen molar-refractivity contribution in [2.75, 3.05) is 11.9 Å². The van der Waals surface area contributed by atoms with Gasteiger partial charge in [-0.25, -0.2) is 13.5 Å². The molecule has 7 heteroatoms. The first-order valence-corrected chi connectivity index (χ1v) is 9.06. The molecule has 5 nitrogen and oxygen atoms in total. The minimum absolute atomic E-state index is 0.105. The van der Waals surface area contributed by atoms with E-state index in [0.29, 0.717) is 16.9 Å². The second-order valence-corrected chi connectivity index (χ2v) is 6.74. The summed E-state index contributed by atoms with van der Waals surface area (Å²) in [4.78, 5) is 12.4. The van der Waals surface area contributed by atoms with E-state index in [-0.39, 0.29) is 18.5 Å². The van der Waals surface area contributed by atoms with Crippen molar-refractivity contribution in [2.24, 2.45) is 0 Å². The van der Waals surface area contributed by atoms with E-state index in [0.717, 1.165) is 17.4 Å². The summed E-state index contributed by atoms with van der Waals surface area (Å²) in [6.45, 7) is 5.60. The molecule has 0 saturated heterocycles. The third-order valence-corrected chi connectivity index (χ3v) is 4.67.